The Labute approximate surface area is 231 Å². The molecule has 1 heterocycles. The number of phosphoric ester groups is 1. The van der Waals surface area contributed by atoms with Crippen LogP contribution in [0.15, 0.2) is 11.6 Å². The van der Waals surface area contributed by atoms with Gasteiger partial charge >= 0.3 is 7.82 Å². The van der Waals surface area contributed by atoms with Crippen molar-refractivity contribution in [1.29, 1.82) is 0 Å². The van der Waals surface area contributed by atoms with Gasteiger partial charge in [-0.05, 0) is 6.42 Å². The zero-order valence-electron chi connectivity index (χ0n) is 22.3. The number of alkyl halides is 1. The van der Waals surface area contributed by atoms with E-state index in [-0.39, 0.29) is 19.8 Å². The Kier molecular flexibility index (Phi) is 22.7. The van der Waals surface area contributed by atoms with Gasteiger partial charge in [-0.15, -0.1) is 0 Å². The van der Waals surface area contributed by atoms with Gasteiger partial charge in [-0.2, -0.15) is 0 Å². The summed E-state index contributed by atoms with van der Waals surface area (Å²) >= 11 is 4.50. The minimum absolute atomic E-state index is 0.0849. The normalized spacial score (nSPS) is 14.1. The molecule has 0 saturated heterocycles. The standard InChI is InChI=1S/C26H49BrNO6PS/c1-2-3-4-5-6-7-8-9-10-11-12-13-14-15-16-17-20-31-23-25(34-26-28-19-22-36-26)24-33-35(29,30)32-21-18-27/h19,22,25H,2-18,20-21,23-24H2,1H3,(H,29,30). The zero-order valence-corrected chi connectivity index (χ0v) is 25.5. The summed E-state index contributed by atoms with van der Waals surface area (Å²) in [7, 11) is -4.11. The molecule has 0 fully saturated rings. The van der Waals surface area contributed by atoms with Crippen LogP contribution in [0.4, 0.5) is 0 Å². The van der Waals surface area contributed by atoms with Crippen LogP contribution in [0, 0.1) is 0 Å². The summed E-state index contributed by atoms with van der Waals surface area (Å²) in [4.78, 5) is 13.8. The minimum Gasteiger partial charge on any atom is -0.462 e. The number of hydrogen-bond acceptors (Lipinski definition) is 7. The Balaban J connectivity index is 2.00. The number of nitrogens with zero attached hydrogens (tertiary/aromatic N) is 1. The largest absolute Gasteiger partial charge is 0.472 e. The number of ether oxygens (including phenoxy) is 2. The summed E-state index contributed by atoms with van der Waals surface area (Å²) in [5.74, 6) is 0. The molecule has 0 radical (unpaired) electrons. The maximum atomic E-state index is 11.9. The lowest BCUT2D eigenvalue weighted by Crippen LogP contribution is -2.28. The second-order valence-electron chi connectivity index (χ2n) is 9.20. The van der Waals surface area contributed by atoms with E-state index in [1.54, 1.807) is 11.6 Å². The summed E-state index contributed by atoms with van der Waals surface area (Å²) in [6.45, 7) is 3.14. The Morgan fingerprint density at radius 1 is 0.861 bits per heavy atom. The van der Waals surface area contributed by atoms with Gasteiger partial charge in [-0.1, -0.05) is 131 Å². The molecule has 0 aromatic carbocycles. The highest BCUT2D eigenvalue weighted by molar-refractivity contribution is 9.09. The van der Waals surface area contributed by atoms with E-state index in [9.17, 15) is 9.46 Å². The van der Waals surface area contributed by atoms with E-state index in [0.717, 1.165) is 12.8 Å². The molecule has 0 aliphatic heterocycles. The molecule has 7 nitrogen and oxygen atoms in total. The Bertz CT molecular complexity index is 640. The van der Waals surface area contributed by atoms with E-state index in [1.807, 2.05) is 0 Å². The first-order valence-corrected chi connectivity index (χ1v) is 17.4. The first-order valence-electron chi connectivity index (χ1n) is 13.9. The number of unbranched alkanes of at least 4 members (excludes halogenated alkanes) is 15. The van der Waals surface area contributed by atoms with Crippen LogP contribution in [0.2, 0.25) is 0 Å². The van der Waals surface area contributed by atoms with Crippen LogP contribution in [-0.2, 0) is 18.3 Å². The van der Waals surface area contributed by atoms with Gasteiger partial charge in [0.15, 0.2) is 0 Å². The van der Waals surface area contributed by atoms with Crippen molar-refractivity contribution in [3.63, 3.8) is 0 Å². The number of halogens is 1. The van der Waals surface area contributed by atoms with Crippen molar-refractivity contribution in [3.05, 3.63) is 11.6 Å². The topological polar surface area (TPSA) is 87.1 Å². The van der Waals surface area contributed by atoms with Crippen molar-refractivity contribution in [2.24, 2.45) is 0 Å². The molecule has 0 saturated carbocycles. The van der Waals surface area contributed by atoms with E-state index in [2.05, 4.69) is 27.8 Å². The van der Waals surface area contributed by atoms with Gasteiger partial charge in [-0.3, -0.25) is 9.05 Å². The van der Waals surface area contributed by atoms with E-state index in [0.29, 0.717) is 17.1 Å². The molecule has 10 heteroatoms. The highest BCUT2D eigenvalue weighted by Gasteiger charge is 2.24. The lowest BCUT2D eigenvalue weighted by atomic mass is 10.0. The second-order valence-corrected chi connectivity index (χ2v) is 12.3. The van der Waals surface area contributed by atoms with Crippen LogP contribution in [0.25, 0.3) is 0 Å². The molecule has 0 spiro atoms. The van der Waals surface area contributed by atoms with Crippen molar-refractivity contribution >= 4 is 35.1 Å². The van der Waals surface area contributed by atoms with Gasteiger partial charge in [0, 0.05) is 23.5 Å². The summed E-state index contributed by atoms with van der Waals surface area (Å²) in [6, 6.07) is 0. The Hall–Kier alpha value is -0.0200. The van der Waals surface area contributed by atoms with Crippen molar-refractivity contribution in [1.82, 2.24) is 4.98 Å². The van der Waals surface area contributed by atoms with Crippen molar-refractivity contribution in [2.75, 3.05) is 31.8 Å². The van der Waals surface area contributed by atoms with Gasteiger partial charge in [-0.25, -0.2) is 9.55 Å². The second kappa shape index (κ2) is 24.1. The van der Waals surface area contributed by atoms with Crippen molar-refractivity contribution in [2.45, 2.75) is 116 Å². The van der Waals surface area contributed by atoms with E-state index >= 15 is 0 Å². The molecule has 36 heavy (non-hydrogen) atoms. The maximum Gasteiger partial charge on any atom is 0.472 e. The molecule has 1 aromatic rings. The number of rotatable bonds is 27. The van der Waals surface area contributed by atoms with Crippen molar-refractivity contribution < 1.29 is 28.0 Å². The summed E-state index contributed by atoms with van der Waals surface area (Å²) in [5.41, 5.74) is 0. The van der Waals surface area contributed by atoms with Gasteiger partial charge in [0.25, 0.3) is 5.19 Å². The fourth-order valence-corrected chi connectivity index (χ4v) is 5.57. The number of thiazole rings is 1. The molecule has 2 unspecified atom stereocenters. The minimum atomic E-state index is -4.11. The summed E-state index contributed by atoms with van der Waals surface area (Å²) in [6.07, 6.45) is 22.5. The van der Waals surface area contributed by atoms with Gasteiger partial charge < -0.3 is 14.4 Å². The van der Waals surface area contributed by atoms with Crippen LogP contribution in [0.3, 0.4) is 0 Å². The fraction of sp³-hybridized carbons (Fsp3) is 0.885. The molecule has 1 aromatic heterocycles. The molecule has 1 N–H and O–H groups in total. The average molecular weight is 615 g/mol. The monoisotopic (exact) mass is 613 g/mol. The lowest BCUT2D eigenvalue weighted by Gasteiger charge is -2.19. The maximum absolute atomic E-state index is 11.9. The van der Waals surface area contributed by atoms with Crippen molar-refractivity contribution in [3.8, 4) is 5.19 Å². The van der Waals surface area contributed by atoms with Crippen LogP contribution in [-0.4, -0.2) is 47.7 Å². The third kappa shape index (κ3) is 21.0. The van der Waals surface area contributed by atoms with Crippen LogP contribution in [0.5, 0.6) is 5.19 Å². The molecule has 1 rings (SSSR count). The van der Waals surface area contributed by atoms with Crippen LogP contribution in [0.1, 0.15) is 110 Å². The molecule has 0 bridgehead atoms. The predicted octanol–water partition coefficient (Wildman–Crippen LogP) is 8.70. The highest BCUT2D eigenvalue weighted by Crippen LogP contribution is 2.43. The quantitative estimate of drug-likeness (QED) is 0.0603. The summed E-state index contributed by atoms with van der Waals surface area (Å²) < 4.78 is 33.3. The lowest BCUT2D eigenvalue weighted by molar-refractivity contribution is 0.0153. The average Bonchev–Trinajstić information content (AvgIpc) is 3.38. The molecule has 0 aliphatic carbocycles. The Morgan fingerprint density at radius 3 is 1.92 bits per heavy atom. The molecular formula is C26H49BrNO6PS. The molecule has 0 amide bonds. The SMILES string of the molecule is CCCCCCCCCCCCCCCCCCOCC(COP(=O)(O)OCCBr)Oc1nccs1. The fourth-order valence-electron chi connectivity index (χ4n) is 3.86. The highest BCUT2D eigenvalue weighted by atomic mass is 79.9. The third-order valence-electron chi connectivity index (χ3n) is 5.88. The van der Waals surface area contributed by atoms with Crippen LogP contribution >= 0.6 is 35.1 Å². The first-order chi connectivity index (χ1) is 17.6. The zero-order chi connectivity index (χ0) is 26.2. The van der Waals surface area contributed by atoms with Gasteiger partial charge in [0.05, 0.1) is 19.8 Å². The number of aromatic nitrogens is 1. The van der Waals surface area contributed by atoms with E-state index in [1.165, 1.54) is 101 Å². The molecule has 2 atom stereocenters. The van der Waals surface area contributed by atoms with Gasteiger partial charge in [0.2, 0.25) is 0 Å². The number of hydrogen-bond donors (Lipinski definition) is 1. The Morgan fingerprint density at radius 2 is 1.42 bits per heavy atom. The van der Waals surface area contributed by atoms with E-state index < -0.39 is 13.9 Å². The molecule has 212 valence electrons. The number of phosphoric acid groups is 1. The third-order valence-corrected chi connectivity index (χ3v) is 7.85. The molecule has 0 aliphatic rings. The first kappa shape index (κ1) is 34.0. The van der Waals surface area contributed by atoms with Crippen LogP contribution < -0.4 is 4.74 Å². The summed E-state index contributed by atoms with van der Waals surface area (Å²) in [5, 5.41) is 2.73. The smallest absolute Gasteiger partial charge is 0.462 e. The van der Waals surface area contributed by atoms with E-state index in [4.69, 9.17) is 18.5 Å². The molecular weight excluding hydrogens is 565 g/mol. The van der Waals surface area contributed by atoms with Gasteiger partial charge in [0.1, 0.15) is 6.10 Å². The predicted molar refractivity (Wildman–Crippen MR) is 152 cm³/mol.